The van der Waals surface area contributed by atoms with Crippen molar-refractivity contribution in [3.63, 3.8) is 0 Å². The van der Waals surface area contributed by atoms with Crippen molar-refractivity contribution in [1.29, 1.82) is 0 Å². The fourth-order valence-electron chi connectivity index (χ4n) is 2.76. The molecule has 2 heterocycles. The lowest BCUT2D eigenvalue weighted by atomic mass is 10.0. The molecule has 1 amide bonds. The average molecular weight is 356 g/mol. The second-order valence-electron chi connectivity index (χ2n) is 5.26. The number of amides is 1. The van der Waals surface area contributed by atoms with Crippen LogP contribution in [0, 0.1) is 6.92 Å². The van der Waals surface area contributed by atoms with Crippen LogP contribution in [-0.2, 0) is 11.8 Å². The molecular formula is C15H15Cl2N3OS. The monoisotopic (exact) mass is 355 g/mol. The first-order valence-electron chi connectivity index (χ1n) is 6.76. The molecule has 0 bridgehead atoms. The third-order valence-corrected chi connectivity index (χ3v) is 5.80. The van der Waals surface area contributed by atoms with Gasteiger partial charge in [0.25, 0.3) is 0 Å². The summed E-state index contributed by atoms with van der Waals surface area (Å²) < 4.78 is 1.76. The minimum atomic E-state index is 0.00682. The third kappa shape index (κ3) is 2.51. The van der Waals surface area contributed by atoms with E-state index in [2.05, 4.69) is 5.10 Å². The van der Waals surface area contributed by atoms with Gasteiger partial charge in [-0.3, -0.25) is 14.4 Å². The Morgan fingerprint density at radius 2 is 2.00 bits per heavy atom. The van der Waals surface area contributed by atoms with Gasteiger partial charge >= 0.3 is 0 Å². The zero-order chi connectivity index (χ0) is 16.0. The van der Waals surface area contributed by atoms with E-state index < -0.39 is 0 Å². The van der Waals surface area contributed by atoms with Crippen molar-refractivity contribution >= 4 is 46.7 Å². The van der Waals surface area contributed by atoms with Crippen molar-refractivity contribution < 1.29 is 4.79 Å². The predicted molar refractivity (Wildman–Crippen MR) is 92.1 cm³/mol. The molecule has 0 spiro atoms. The number of halogens is 2. The molecule has 0 radical (unpaired) electrons. The Hall–Kier alpha value is -1.17. The average Bonchev–Trinajstić information content (AvgIpc) is 2.68. The molecule has 1 aliphatic heterocycles. The number of anilines is 1. The SMILES string of the molecule is Cc1nn(C)c2c1C(c1ccc(Cl)c(Cl)c1)SCC(=O)N2C. The zero-order valence-corrected chi connectivity index (χ0v) is 14.8. The van der Waals surface area contributed by atoms with Gasteiger partial charge in [0.05, 0.1) is 26.7 Å². The summed E-state index contributed by atoms with van der Waals surface area (Å²) >= 11 is 13.8. The van der Waals surface area contributed by atoms with Gasteiger partial charge in [-0.1, -0.05) is 29.3 Å². The van der Waals surface area contributed by atoms with E-state index in [4.69, 9.17) is 23.2 Å². The highest BCUT2D eigenvalue weighted by molar-refractivity contribution is 8.00. The Morgan fingerprint density at radius 3 is 2.68 bits per heavy atom. The summed E-state index contributed by atoms with van der Waals surface area (Å²) in [7, 11) is 3.65. The van der Waals surface area contributed by atoms with E-state index in [1.165, 1.54) is 0 Å². The molecule has 3 rings (SSSR count). The zero-order valence-electron chi connectivity index (χ0n) is 12.4. The highest BCUT2D eigenvalue weighted by atomic mass is 35.5. The summed E-state index contributed by atoms with van der Waals surface area (Å²) in [5.74, 6) is 1.32. The highest BCUT2D eigenvalue weighted by Crippen LogP contribution is 2.45. The quantitative estimate of drug-likeness (QED) is 0.779. The number of carbonyl (C=O) groups is 1. The van der Waals surface area contributed by atoms with E-state index in [9.17, 15) is 4.79 Å². The van der Waals surface area contributed by atoms with Crippen molar-refractivity contribution in [3.05, 3.63) is 45.1 Å². The Bertz CT molecular complexity index is 759. The van der Waals surface area contributed by atoms with Gasteiger partial charge in [-0.05, 0) is 24.6 Å². The standard InChI is InChI=1S/C15H15Cl2N3OS/c1-8-13-14(9-4-5-10(16)11(17)6-9)22-7-12(21)19(2)15(13)20(3)18-8/h4-6,14H,7H2,1-3H3. The van der Waals surface area contributed by atoms with Crippen LogP contribution in [0.2, 0.25) is 10.0 Å². The topological polar surface area (TPSA) is 38.1 Å². The molecule has 0 fully saturated rings. The molecule has 22 heavy (non-hydrogen) atoms. The van der Waals surface area contributed by atoms with Crippen molar-refractivity contribution in [1.82, 2.24) is 9.78 Å². The Morgan fingerprint density at radius 1 is 1.27 bits per heavy atom. The molecule has 116 valence electrons. The first-order chi connectivity index (χ1) is 10.4. The molecule has 0 saturated carbocycles. The van der Waals surface area contributed by atoms with Crippen LogP contribution < -0.4 is 4.90 Å². The van der Waals surface area contributed by atoms with Crippen molar-refractivity contribution in [2.24, 2.45) is 7.05 Å². The molecular weight excluding hydrogens is 341 g/mol. The van der Waals surface area contributed by atoms with E-state index >= 15 is 0 Å². The van der Waals surface area contributed by atoms with Gasteiger partial charge in [-0.25, -0.2) is 0 Å². The second-order valence-corrected chi connectivity index (χ2v) is 7.17. The number of carbonyl (C=O) groups excluding carboxylic acids is 1. The van der Waals surface area contributed by atoms with Gasteiger partial charge in [0.2, 0.25) is 5.91 Å². The van der Waals surface area contributed by atoms with E-state index in [-0.39, 0.29) is 11.2 Å². The molecule has 0 aliphatic carbocycles. The molecule has 1 aromatic carbocycles. The lowest BCUT2D eigenvalue weighted by molar-refractivity contribution is -0.115. The molecule has 1 atom stereocenters. The second kappa shape index (κ2) is 5.80. The fraction of sp³-hybridized carbons (Fsp3) is 0.333. The minimum absolute atomic E-state index is 0.00682. The number of thioether (sulfide) groups is 1. The molecule has 0 N–H and O–H groups in total. The van der Waals surface area contributed by atoms with Crippen LogP contribution in [0.25, 0.3) is 0 Å². The number of aryl methyl sites for hydroxylation is 2. The van der Waals surface area contributed by atoms with Crippen LogP contribution in [0.3, 0.4) is 0 Å². The number of nitrogens with zero attached hydrogens (tertiary/aromatic N) is 3. The Labute approximate surface area is 143 Å². The normalized spacial score (nSPS) is 18.3. The fourth-order valence-corrected chi connectivity index (χ4v) is 4.35. The maximum atomic E-state index is 12.3. The highest BCUT2D eigenvalue weighted by Gasteiger charge is 2.32. The largest absolute Gasteiger partial charge is 0.299 e. The van der Waals surface area contributed by atoms with Crippen molar-refractivity contribution in [2.75, 3.05) is 17.7 Å². The maximum Gasteiger partial charge on any atom is 0.237 e. The van der Waals surface area contributed by atoms with Gasteiger partial charge in [0, 0.05) is 19.7 Å². The first-order valence-corrected chi connectivity index (χ1v) is 8.57. The van der Waals surface area contributed by atoms with E-state index in [0.29, 0.717) is 15.8 Å². The van der Waals surface area contributed by atoms with Gasteiger partial charge < -0.3 is 0 Å². The molecule has 1 unspecified atom stereocenters. The lowest BCUT2D eigenvalue weighted by Crippen LogP contribution is -2.29. The van der Waals surface area contributed by atoms with Gasteiger partial charge in [-0.2, -0.15) is 5.10 Å². The number of hydrogen-bond acceptors (Lipinski definition) is 3. The van der Waals surface area contributed by atoms with Gasteiger partial charge in [0.15, 0.2) is 0 Å². The van der Waals surface area contributed by atoms with Crippen LogP contribution in [0.5, 0.6) is 0 Å². The van der Waals surface area contributed by atoms with Crippen LogP contribution in [-0.4, -0.2) is 28.5 Å². The van der Waals surface area contributed by atoms with E-state index in [1.54, 1.807) is 34.5 Å². The smallest absolute Gasteiger partial charge is 0.237 e. The van der Waals surface area contributed by atoms with Crippen molar-refractivity contribution in [2.45, 2.75) is 12.2 Å². The van der Waals surface area contributed by atoms with Gasteiger partial charge in [-0.15, -0.1) is 11.8 Å². The number of benzene rings is 1. The van der Waals surface area contributed by atoms with E-state index in [0.717, 1.165) is 22.6 Å². The Kier molecular flexibility index (Phi) is 4.14. The van der Waals surface area contributed by atoms with Crippen LogP contribution in [0.4, 0.5) is 5.82 Å². The molecule has 0 saturated heterocycles. The number of fused-ring (bicyclic) bond motifs is 1. The summed E-state index contributed by atoms with van der Waals surface area (Å²) in [4.78, 5) is 13.9. The third-order valence-electron chi connectivity index (χ3n) is 3.81. The van der Waals surface area contributed by atoms with Crippen LogP contribution in [0.15, 0.2) is 18.2 Å². The molecule has 4 nitrogen and oxygen atoms in total. The summed E-state index contributed by atoms with van der Waals surface area (Å²) in [5, 5.41) is 5.54. The van der Waals surface area contributed by atoms with Crippen LogP contribution >= 0.6 is 35.0 Å². The molecule has 1 aromatic heterocycles. The van der Waals surface area contributed by atoms with Crippen molar-refractivity contribution in [3.8, 4) is 0 Å². The van der Waals surface area contributed by atoms with E-state index in [1.807, 2.05) is 26.1 Å². The Balaban J connectivity index is 2.18. The number of aromatic nitrogens is 2. The van der Waals surface area contributed by atoms with Gasteiger partial charge in [0.1, 0.15) is 5.82 Å². The number of hydrogen-bond donors (Lipinski definition) is 0. The number of rotatable bonds is 1. The first kappa shape index (κ1) is 15.7. The summed E-state index contributed by atoms with van der Waals surface area (Å²) in [6.07, 6.45) is 0. The summed E-state index contributed by atoms with van der Waals surface area (Å²) in [5.41, 5.74) is 3.00. The molecule has 2 aromatic rings. The van der Waals surface area contributed by atoms with Crippen LogP contribution in [0.1, 0.15) is 22.1 Å². The molecule has 7 heteroatoms. The summed E-state index contributed by atoms with van der Waals surface area (Å²) in [6.45, 7) is 1.97. The summed E-state index contributed by atoms with van der Waals surface area (Å²) in [6, 6.07) is 5.62. The molecule has 1 aliphatic rings. The lowest BCUT2D eigenvalue weighted by Gasteiger charge is -2.18. The maximum absolute atomic E-state index is 12.3. The predicted octanol–water partition coefficient (Wildman–Crippen LogP) is 3.83. The minimum Gasteiger partial charge on any atom is -0.299 e.